The molecule has 0 radical (unpaired) electrons. The molecule has 1 spiro atoms. The molecule has 0 aromatic rings. The average Bonchev–Trinajstić information content (AvgIpc) is 2.32. The van der Waals surface area contributed by atoms with E-state index in [2.05, 4.69) is 10.2 Å². The topological polar surface area (TPSA) is 15.3 Å². The van der Waals surface area contributed by atoms with E-state index >= 15 is 0 Å². The Morgan fingerprint density at radius 3 is 2.58 bits per heavy atom. The fraction of sp³-hybridized carbons (Fsp3) is 1.00. The first-order valence-electron chi connectivity index (χ1n) is 5.33. The van der Waals surface area contributed by atoms with Crippen LogP contribution in [0.25, 0.3) is 0 Å². The van der Waals surface area contributed by atoms with Crippen molar-refractivity contribution in [3.8, 4) is 0 Å². The Bertz CT molecular complexity index is 172. The predicted molar refractivity (Wildman–Crippen MR) is 49.1 cm³/mol. The molecule has 0 aromatic heterocycles. The van der Waals surface area contributed by atoms with Crippen molar-refractivity contribution in [2.75, 3.05) is 26.2 Å². The zero-order valence-electron chi connectivity index (χ0n) is 7.68. The van der Waals surface area contributed by atoms with Gasteiger partial charge in [-0.25, -0.2) is 0 Å². The van der Waals surface area contributed by atoms with Crippen LogP contribution >= 0.6 is 0 Å². The zero-order chi connectivity index (χ0) is 8.02. The van der Waals surface area contributed by atoms with Gasteiger partial charge in [0.05, 0.1) is 0 Å². The number of hydrogen-bond donors (Lipinski definition) is 1. The molecular weight excluding hydrogens is 148 g/mol. The molecule has 3 aliphatic rings. The molecule has 0 amide bonds. The molecule has 12 heavy (non-hydrogen) atoms. The summed E-state index contributed by atoms with van der Waals surface area (Å²) in [5, 5.41) is 3.44. The van der Waals surface area contributed by atoms with Gasteiger partial charge in [0.25, 0.3) is 0 Å². The molecule has 0 aromatic carbocycles. The van der Waals surface area contributed by atoms with E-state index in [1.54, 1.807) is 0 Å². The number of likely N-dealkylation sites (tertiary alicyclic amines) is 1. The molecule has 1 saturated carbocycles. The minimum Gasteiger partial charge on any atom is -0.315 e. The predicted octanol–water partition coefficient (Wildman–Crippen LogP) is 0.834. The Hall–Kier alpha value is -0.0800. The summed E-state index contributed by atoms with van der Waals surface area (Å²) in [6, 6.07) is 0.885. The van der Waals surface area contributed by atoms with Gasteiger partial charge in [-0.2, -0.15) is 0 Å². The lowest BCUT2D eigenvalue weighted by atomic mass is 9.63. The highest BCUT2D eigenvalue weighted by Crippen LogP contribution is 2.48. The smallest absolute Gasteiger partial charge is 0.0233 e. The lowest BCUT2D eigenvalue weighted by Crippen LogP contribution is -2.62. The number of nitrogens with zero attached hydrogens (tertiary/aromatic N) is 1. The highest BCUT2D eigenvalue weighted by molar-refractivity contribution is 5.03. The summed E-state index contributed by atoms with van der Waals surface area (Å²) >= 11 is 0. The van der Waals surface area contributed by atoms with Gasteiger partial charge in [0.2, 0.25) is 0 Å². The van der Waals surface area contributed by atoms with Gasteiger partial charge in [0.15, 0.2) is 0 Å². The monoisotopic (exact) mass is 166 g/mol. The van der Waals surface area contributed by atoms with Crippen LogP contribution in [0.5, 0.6) is 0 Å². The molecule has 2 heterocycles. The lowest BCUT2D eigenvalue weighted by Gasteiger charge is -2.58. The van der Waals surface area contributed by atoms with Gasteiger partial charge < -0.3 is 5.32 Å². The molecular formula is C10H18N2. The maximum Gasteiger partial charge on any atom is 0.0233 e. The highest BCUT2D eigenvalue weighted by atomic mass is 15.3. The SMILES string of the molecule is C1CC2(C1)CN([C@H]1CCNC1)C2. The number of rotatable bonds is 1. The third kappa shape index (κ3) is 0.944. The van der Waals surface area contributed by atoms with Gasteiger partial charge in [-0.1, -0.05) is 6.42 Å². The van der Waals surface area contributed by atoms with Crippen LogP contribution in [0.3, 0.4) is 0 Å². The molecule has 2 heteroatoms. The van der Waals surface area contributed by atoms with Crippen LogP contribution in [0.1, 0.15) is 25.7 Å². The van der Waals surface area contributed by atoms with Crippen molar-refractivity contribution in [2.24, 2.45) is 5.41 Å². The van der Waals surface area contributed by atoms with Crippen molar-refractivity contribution in [2.45, 2.75) is 31.7 Å². The van der Waals surface area contributed by atoms with E-state index in [-0.39, 0.29) is 0 Å². The first kappa shape index (κ1) is 7.34. The molecule has 2 aliphatic heterocycles. The number of hydrogen-bond acceptors (Lipinski definition) is 2. The molecule has 2 saturated heterocycles. The van der Waals surface area contributed by atoms with Crippen molar-refractivity contribution >= 4 is 0 Å². The second-order valence-electron chi connectivity index (χ2n) is 4.91. The molecule has 1 atom stereocenters. The summed E-state index contributed by atoms with van der Waals surface area (Å²) in [4.78, 5) is 2.69. The second kappa shape index (κ2) is 2.46. The van der Waals surface area contributed by atoms with E-state index in [1.807, 2.05) is 0 Å². The second-order valence-corrected chi connectivity index (χ2v) is 4.91. The Morgan fingerprint density at radius 1 is 1.25 bits per heavy atom. The molecule has 0 bridgehead atoms. The van der Waals surface area contributed by atoms with Crippen LogP contribution in [0.4, 0.5) is 0 Å². The van der Waals surface area contributed by atoms with Crippen molar-refractivity contribution in [1.82, 2.24) is 10.2 Å². The zero-order valence-corrected chi connectivity index (χ0v) is 7.68. The summed E-state index contributed by atoms with van der Waals surface area (Å²) in [6.45, 7) is 5.32. The van der Waals surface area contributed by atoms with E-state index in [4.69, 9.17) is 0 Å². The molecule has 0 unspecified atom stereocenters. The summed E-state index contributed by atoms with van der Waals surface area (Å²) in [6.07, 6.45) is 5.92. The Balaban J connectivity index is 1.54. The fourth-order valence-corrected chi connectivity index (χ4v) is 3.02. The van der Waals surface area contributed by atoms with Gasteiger partial charge in [-0.15, -0.1) is 0 Å². The van der Waals surface area contributed by atoms with Crippen molar-refractivity contribution in [3.05, 3.63) is 0 Å². The van der Waals surface area contributed by atoms with E-state index in [1.165, 1.54) is 51.9 Å². The van der Waals surface area contributed by atoms with Crippen LogP contribution < -0.4 is 5.32 Å². The van der Waals surface area contributed by atoms with Crippen LogP contribution in [0.2, 0.25) is 0 Å². The summed E-state index contributed by atoms with van der Waals surface area (Å²) in [5.41, 5.74) is 0.822. The van der Waals surface area contributed by atoms with E-state index in [9.17, 15) is 0 Å². The minimum atomic E-state index is 0.822. The molecule has 2 nitrogen and oxygen atoms in total. The molecule has 3 fully saturated rings. The summed E-state index contributed by atoms with van der Waals surface area (Å²) in [5.74, 6) is 0. The third-order valence-corrected chi connectivity index (χ3v) is 4.04. The Kier molecular flexibility index (Phi) is 1.50. The molecule has 68 valence electrons. The largest absolute Gasteiger partial charge is 0.315 e. The normalized spacial score (nSPS) is 39.5. The summed E-state index contributed by atoms with van der Waals surface area (Å²) < 4.78 is 0. The third-order valence-electron chi connectivity index (χ3n) is 4.04. The van der Waals surface area contributed by atoms with Gasteiger partial charge in [-0.05, 0) is 31.2 Å². The molecule has 1 aliphatic carbocycles. The maximum atomic E-state index is 3.44. The van der Waals surface area contributed by atoms with E-state index in [0.29, 0.717) is 0 Å². The average molecular weight is 166 g/mol. The number of nitrogens with one attached hydrogen (secondary N) is 1. The van der Waals surface area contributed by atoms with Crippen LogP contribution in [0, 0.1) is 5.41 Å². The van der Waals surface area contributed by atoms with Gasteiger partial charge in [0, 0.05) is 25.7 Å². The van der Waals surface area contributed by atoms with Gasteiger partial charge in [-0.3, -0.25) is 4.90 Å². The van der Waals surface area contributed by atoms with Crippen molar-refractivity contribution < 1.29 is 0 Å². The standard InChI is InChI=1S/C10H18N2/c1-3-10(4-1)7-12(8-10)9-2-5-11-6-9/h9,11H,1-8H2/t9-/m0/s1. The lowest BCUT2D eigenvalue weighted by molar-refractivity contribution is -0.0789. The van der Waals surface area contributed by atoms with E-state index in [0.717, 1.165) is 11.5 Å². The van der Waals surface area contributed by atoms with Gasteiger partial charge >= 0.3 is 0 Å². The fourth-order valence-electron chi connectivity index (χ4n) is 3.02. The summed E-state index contributed by atoms with van der Waals surface area (Å²) in [7, 11) is 0. The first-order chi connectivity index (χ1) is 5.88. The van der Waals surface area contributed by atoms with Crippen LogP contribution in [-0.4, -0.2) is 37.1 Å². The Morgan fingerprint density at radius 2 is 2.08 bits per heavy atom. The maximum absolute atomic E-state index is 3.44. The quantitative estimate of drug-likeness (QED) is 0.621. The van der Waals surface area contributed by atoms with E-state index < -0.39 is 0 Å². The van der Waals surface area contributed by atoms with Crippen molar-refractivity contribution in [1.29, 1.82) is 0 Å². The molecule has 1 N–H and O–H groups in total. The highest BCUT2D eigenvalue weighted by Gasteiger charge is 2.49. The van der Waals surface area contributed by atoms with Gasteiger partial charge in [0.1, 0.15) is 0 Å². The van der Waals surface area contributed by atoms with Crippen LogP contribution in [0.15, 0.2) is 0 Å². The minimum absolute atomic E-state index is 0.822. The first-order valence-corrected chi connectivity index (χ1v) is 5.33. The van der Waals surface area contributed by atoms with Crippen LogP contribution in [-0.2, 0) is 0 Å². The molecule has 3 rings (SSSR count). The Labute approximate surface area is 74.3 Å². The van der Waals surface area contributed by atoms with Crippen molar-refractivity contribution in [3.63, 3.8) is 0 Å².